The van der Waals surface area contributed by atoms with E-state index in [4.69, 9.17) is 4.74 Å². The number of benzene rings is 2. The van der Waals surface area contributed by atoms with E-state index in [0.717, 1.165) is 12.1 Å². The molecule has 0 radical (unpaired) electrons. The topological polar surface area (TPSA) is 43.4 Å². The third kappa shape index (κ3) is 3.52. The normalized spacial score (nSPS) is 12.0. The molecule has 110 valence electrons. The summed E-state index contributed by atoms with van der Waals surface area (Å²) >= 11 is 0. The van der Waals surface area contributed by atoms with Gasteiger partial charge in [0.05, 0.1) is 34.1 Å². The number of hydrogen-bond acceptors (Lipinski definition) is 3. The summed E-state index contributed by atoms with van der Waals surface area (Å²) < 4.78 is 43.8. The Kier molecular flexibility index (Phi) is 4.80. The van der Waals surface area contributed by atoms with Crippen LogP contribution in [0.15, 0.2) is 47.4 Å². The molecule has 0 aliphatic rings. The van der Waals surface area contributed by atoms with Crippen molar-refractivity contribution in [3.05, 3.63) is 59.7 Å². The molecular formula is C15H12F2O3S. The van der Waals surface area contributed by atoms with Gasteiger partial charge in [-0.25, -0.2) is 8.78 Å². The fraction of sp³-hybridized carbons (Fsp3) is 0.133. The Morgan fingerprint density at radius 1 is 1.19 bits per heavy atom. The van der Waals surface area contributed by atoms with Gasteiger partial charge in [0.1, 0.15) is 17.4 Å². The summed E-state index contributed by atoms with van der Waals surface area (Å²) in [4.78, 5) is 12.1. The third-order valence-electron chi connectivity index (χ3n) is 2.81. The lowest BCUT2D eigenvalue weighted by atomic mass is 10.1. The van der Waals surface area contributed by atoms with Gasteiger partial charge in [0.2, 0.25) is 0 Å². The average Bonchev–Trinajstić information content (AvgIpc) is 2.47. The Labute approximate surface area is 123 Å². The standard InChI is InChI=1S/C15H12F2O3S/c1-20-14-7-6-10(16)8-11(14)13(18)9-21(19)15-5-3-2-4-12(15)17/h2-8H,9H2,1H3. The van der Waals surface area contributed by atoms with E-state index >= 15 is 0 Å². The van der Waals surface area contributed by atoms with Gasteiger partial charge in [0.15, 0.2) is 5.78 Å². The van der Waals surface area contributed by atoms with Gasteiger partial charge in [0.25, 0.3) is 0 Å². The van der Waals surface area contributed by atoms with E-state index in [2.05, 4.69) is 0 Å². The average molecular weight is 310 g/mol. The number of methoxy groups -OCH3 is 1. The second kappa shape index (κ2) is 6.58. The predicted molar refractivity (Wildman–Crippen MR) is 75.0 cm³/mol. The molecule has 2 rings (SSSR count). The Morgan fingerprint density at radius 3 is 2.57 bits per heavy atom. The Balaban J connectivity index is 2.24. The maximum absolute atomic E-state index is 13.5. The first-order valence-corrected chi connectivity index (χ1v) is 7.34. The van der Waals surface area contributed by atoms with Crippen LogP contribution in [0, 0.1) is 11.6 Å². The second-order valence-electron chi connectivity index (χ2n) is 4.19. The summed E-state index contributed by atoms with van der Waals surface area (Å²) in [5, 5.41) is 0. The van der Waals surface area contributed by atoms with Crippen LogP contribution in [0.1, 0.15) is 10.4 Å². The van der Waals surface area contributed by atoms with Gasteiger partial charge in [-0.05, 0) is 30.3 Å². The van der Waals surface area contributed by atoms with Gasteiger partial charge < -0.3 is 4.74 Å². The molecule has 0 saturated heterocycles. The van der Waals surface area contributed by atoms with E-state index in [1.807, 2.05) is 0 Å². The summed E-state index contributed by atoms with van der Waals surface area (Å²) in [5.41, 5.74) is -0.0119. The van der Waals surface area contributed by atoms with E-state index in [-0.39, 0.29) is 16.2 Å². The molecule has 1 atom stereocenters. The van der Waals surface area contributed by atoms with Gasteiger partial charge in [0, 0.05) is 0 Å². The molecule has 3 nitrogen and oxygen atoms in total. The molecule has 0 amide bonds. The van der Waals surface area contributed by atoms with Crippen LogP contribution in [0.25, 0.3) is 0 Å². The van der Waals surface area contributed by atoms with Gasteiger partial charge >= 0.3 is 0 Å². The van der Waals surface area contributed by atoms with Crippen molar-refractivity contribution in [3.63, 3.8) is 0 Å². The molecule has 0 aromatic heterocycles. The van der Waals surface area contributed by atoms with E-state index in [0.29, 0.717) is 0 Å². The number of Topliss-reactive ketones (excluding diaryl/α,β-unsaturated/α-hetero) is 1. The zero-order chi connectivity index (χ0) is 15.4. The van der Waals surface area contributed by atoms with Crippen molar-refractivity contribution in [3.8, 4) is 5.75 Å². The highest BCUT2D eigenvalue weighted by molar-refractivity contribution is 7.85. The quantitative estimate of drug-likeness (QED) is 0.798. The summed E-state index contributed by atoms with van der Waals surface area (Å²) in [7, 11) is -0.500. The minimum Gasteiger partial charge on any atom is -0.496 e. The molecule has 0 heterocycles. The first-order valence-electron chi connectivity index (χ1n) is 6.02. The molecule has 2 aromatic rings. The number of ether oxygens (including phenoxy) is 1. The fourth-order valence-corrected chi connectivity index (χ4v) is 2.87. The minimum absolute atomic E-state index is 0.0119. The van der Waals surface area contributed by atoms with Crippen LogP contribution in [0.3, 0.4) is 0 Å². The van der Waals surface area contributed by atoms with E-state index < -0.39 is 34.0 Å². The fourth-order valence-electron chi connectivity index (χ4n) is 1.80. The molecule has 0 aliphatic heterocycles. The maximum atomic E-state index is 13.5. The molecule has 0 N–H and O–H groups in total. The summed E-state index contributed by atoms with van der Waals surface area (Å²) in [6.45, 7) is 0. The SMILES string of the molecule is COc1ccc(F)cc1C(=O)CS(=O)c1ccccc1F. The number of halogens is 2. The highest BCUT2D eigenvalue weighted by atomic mass is 32.2. The third-order valence-corrected chi connectivity index (χ3v) is 4.15. The van der Waals surface area contributed by atoms with Gasteiger partial charge in [-0.1, -0.05) is 12.1 Å². The molecule has 1 unspecified atom stereocenters. The number of carbonyl (C=O) groups is 1. The Hall–Kier alpha value is -2.08. The zero-order valence-electron chi connectivity index (χ0n) is 11.1. The summed E-state index contributed by atoms with van der Waals surface area (Å²) in [6, 6.07) is 9.00. The molecule has 2 aromatic carbocycles. The first-order chi connectivity index (χ1) is 10.0. The number of rotatable bonds is 5. The zero-order valence-corrected chi connectivity index (χ0v) is 12.0. The molecule has 0 saturated carbocycles. The number of ketones is 1. The van der Waals surface area contributed by atoms with Crippen molar-refractivity contribution in [1.29, 1.82) is 0 Å². The van der Waals surface area contributed by atoms with Crippen LogP contribution in [-0.4, -0.2) is 22.9 Å². The summed E-state index contributed by atoms with van der Waals surface area (Å²) in [6.07, 6.45) is 0. The predicted octanol–water partition coefficient (Wildman–Crippen LogP) is 2.96. The number of hydrogen-bond donors (Lipinski definition) is 0. The smallest absolute Gasteiger partial charge is 0.179 e. The molecule has 0 bridgehead atoms. The van der Waals surface area contributed by atoms with Crippen molar-refractivity contribution < 1.29 is 22.5 Å². The van der Waals surface area contributed by atoms with Crippen molar-refractivity contribution in [1.82, 2.24) is 0 Å². The molecule has 21 heavy (non-hydrogen) atoms. The monoisotopic (exact) mass is 310 g/mol. The van der Waals surface area contributed by atoms with Crippen LogP contribution in [0.5, 0.6) is 5.75 Å². The molecular weight excluding hydrogens is 298 g/mol. The van der Waals surface area contributed by atoms with Crippen LogP contribution in [0.2, 0.25) is 0 Å². The van der Waals surface area contributed by atoms with Crippen LogP contribution < -0.4 is 4.74 Å². The lowest BCUT2D eigenvalue weighted by Crippen LogP contribution is -2.13. The minimum atomic E-state index is -1.84. The highest BCUT2D eigenvalue weighted by Gasteiger charge is 2.18. The Morgan fingerprint density at radius 2 is 1.90 bits per heavy atom. The van der Waals surface area contributed by atoms with Crippen molar-refractivity contribution >= 4 is 16.6 Å². The molecule has 0 spiro atoms. The number of carbonyl (C=O) groups excluding carboxylic acids is 1. The first kappa shape index (κ1) is 15.3. The van der Waals surface area contributed by atoms with Gasteiger partial charge in [-0.3, -0.25) is 9.00 Å². The van der Waals surface area contributed by atoms with Crippen LogP contribution >= 0.6 is 0 Å². The molecule has 6 heteroatoms. The van der Waals surface area contributed by atoms with Crippen molar-refractivity contribution in [2.24, 2.45) is 0 Å². The van der Waals surface area contributed by atoms with Gasteiger partial charge in [-0.15, -0.1) is 0 Å². The van der Waals surface area contributed by atoms with E-state index in [9.17, 15) is 17.8 Å². The van der Waals surface area contributed by atoms with E-state index in [1.54, 1.807) is 0 Å². The largest absolute Gasteiger partial charge is 0.496 e. The van der Waals surface area contributed by atoms with Gasteiger partial charge in [-0.2, -0.15) is 0 Å². The lowest BCUT2D eigenvalue weighted by Gasteiger charge is -2.08. The summed E-state index contributed by atoms with van der Waals surface area (Å²) in [5.74, 6) is -2.08. The lowest BCUT2D eigenvalue weighted by molar-refractivity contribution is 0.101. The van der Waals surface area contributed by atoms with Crippen LogP contribution in [-0.2, 0) is 10.8 Å². The van der Waals surface area contributed by atoms with Crippen molar-refractivity contribution in [2.45, 2.75) is 4.90 Å². The maximum Gasteiger partial charge on any atom is 0.179 e. The Bertz CT molecular complexity index is 701. The highest BCUT2D eigenvalue weighted by Crippen LogP contribution is 2.21. The molecule has 0 fully saturated rings. The van der Waals surface area contributed by atoms with E-state index in [1.165, 1.54) is 37.4 Å². The second-order valence-corrected chi connectivity index (χ2v) is 5.61. The molecule has 0 aliphatic carbocycles. The van der Waals surface area contributed by atoms with Crippen molar-refractivity contribution in [2.75, 3.05) is 12.9 Å². The van der Waals surface area contributed by atoms with Crippen LogP contribution in [0.4, 0.5) is 8.78 Å².